The minimum absolute atomic E-state index is 0.132. The van der Waals surface area contributed by atoms with Crippen LogP contribution in [0, 0.1) is 5.82 Å². The van der Waals surface area contributed by atoms with Gasteiger partial charge in [-0.1, -0.05) is 13.0 Å². The molecule has 1 rings (SSSR count). The Bertz CT molecular complexity index is 407. The summed E-state index contributed by atoms with van der Waals surface area (Å²) in [6.45, 7) is 9.57. The average molecular weight is 281 g/mol. The Morgan fingerprint density at radius 2 is 1.95 bits per heavy atom. The minimum atomic E-state index is -0.132. The Labute approximate surface area is 122 Å². The summed E-state index contributed by atoms with van der Waals surface area (Å²) in [5.41, 5.74) is 1.69. The molecule has 4 heteroatoms. The van der Waals surface area contributed by atoms with Crippen molar-refractivity contribution in [1.82, 2.24) is 10.2 Å². The van der Waals surface area contributed by atoms with Crippen molar-refractivity contribution >= 4 is 5.69 Å². The Morgan fingerprint density at radius 3 is 2.45 bits per heavy atom. The Hall–Kier alpha value is -1.13. The molecule has 0 aliphatic carbocycles. The van der Waals surface area contributed by atoms with Gasteiger partial charge < -0.3 is 15.1 Å². The van der Waals surface area contributed by atoms with Crippen molar-refractivity contribution in [3.8, 4) is 0 Å². The molecule has 0 bridgehead atoms. The zero-order valence-corrected chi connectivity index (χ0v) is 13.4. The lowest BCUT2D eigenvalue weighted by Crippen LogP contribution is -2.40. The van der Waals surface area contributed by atoms with Crippen LogP contribution in [0.5, 0.6) is 0 Å². The summed E-state index contributed by atoms with van der Waals surface area (Å²) in [4.78, 5) is 4.25. The molecule has 1 aromatic carbocycles. The first kappa shape index (κ1) is 16.9. The van der Waals surface area contributed by atoms with E-state index in [0.29, 0.717) is 12.2 Å². The molecule has 0 aromatic heterocycles. The fourth-order valence-electron chi connectivity index (χ4n) is 2.51. The SMILES string of the molecule is CCNCc1ccc(N(CC)C(C)CN(C)C)c(F)c1. The van der Waals surface area contributed by atoms with Gasteiger partial charge in [-0.3, -0.25) is 0 Å². The number of benzene rings is 1. The van der Waals surface area contributed by atoms with Crippen LogP contribution in [-0.2, 0) is 6.54 Å². The van der Waals surface area contributed by atoms with Crippen molar-refractivity contribution in [1.29, 1.82) is 0 Å². The second kappa shape index (κ2) is 8.22. The molecule has 0 saturated carbocycles. The van der Waals surface area contributed by atoms with Gasteiger partial charge in [-0.15, -0.1) is 0 Å². The molecule has 3 nitrogen and oxygen atoms in total. The fraction of sp³-hybridized carbons (Fsp3) is 0.625. The summed E-state index contributed by atoms with van der Waals surface area (Å²) in [5, 5.41) is 3.22. The van der Waals surface area contributed by atoms with E-state index in [1.807, 2.05) is 33.2 Å². The molecule has 0 spiro atoms. The predicted molar refractivity (Wildman–Crippen MR) is 84.8 cm³/mol. The molecular weight excluding hydrogens is 253 g/mol. The number of hydrogen-bond donors (Lipinski definition) is 1. The number of nitrogens with one attached hydrogen (secondary N) is 1. The molecule has 0 heterocycles. The van der Waals surface area contributed by atoms with Gasteiger partial charge in [0.15, 0.2) is 0 Å². The third-order valence-electron chi connectivity index (χ3n) is 3.40. The standard InChI is InChI=1S/C16H28FN3/c1-6-18-11-14-8-9-16(15(17)10-14)20(7-2)13(3)12-19(4)5/h8-10,13,18H,6-7,11-12H2,1-5H3. The van der Waals surface area contributed by atoms with E-state index < -0.39 is 0 Å². The quantitative estimate of drug-likeness (QED) is 0.790. The monoisotopic (exact) mass is 281 g/mol. The van der Waals surface area contributed by atoms with Crippen LogP contribution in [0.3, 0.4) is 0 Å². The topological polar surface area (TPSA) is 18.5 Å². The normalized spacial score (nSPS) is 12.8. The lowest BCUT2D eigenvalue weighted by Gasteiger charge is -2.32. The number of rotatable bonds is 8. The van der Waals surface area contributed by atoms with Gasteiger partial charge in [0.05, 0.1) is 5.69 Å². The van der Waals surface area contributed by atoms with E-state index >= 15 is 0 Å². The van der Waals surface area contributed by atoms with Crippen LogP contribution >= 0.6 is 0 Å². The maximum absolute atomic E-state index is 14.3. The summed E-state index contributed by atoms with van der Waals surface area (Å²) in [6.07, 6.45) is 0. The smallest absolute Gasteiger partial charge is 0.146 e. The van der Waals surface area contributed by atoms with Crippen LogP contribution in [0.4, 0.5) is 10.1 Å². The lowest BCUT2D eigenvalue weighted by molar-refractivity contribution is 0.371. The van der Waals surface area contributed by atoms with Gasteiger partial charge in [0, 0.05) is 25.7 Å². The van der Waals surface area contributed by atoms with E-state index in [0.717, 1.165) is 25.2 Å². The molecule has 0 fully saturated rings. The molecule has 0 amide bonds. The number of anilines is 1. The largest absolute Gasteiger partial charge is 0.365 e. The summed E-state index contributed by atoms with van der Waals surface area (Å²) in [7, 11) is 4.08. The molecule has 1 unspecified atom stereocenters. The van der Waals surface area contributed by atoms with Crippen LogP contribution in [0.2, 0.25) is 0 Å². The molecule has 1 aromatic rings. The van der Waals surface area contributed by atoms with Gasteiger partial charge in [0.25, 0.3) is 0 Å². The molecule has 0 aliphatic heterocycles. The van der Waals surface area contributed by atoms with E-state index in [-0.39, 0.29) is 11.9 Å². The highest BCUT2D eigenvalue weighted by Crippen LogP contribution is 2.22. The van der Waals surface area contributed by atoms with Crippen molar-refractivity contribution < 1.29 is 4.39 Å². The third kappa shape index (κ3) is 4.76. The molecule has 114 valence electrons. The number of nitrogens with zero attached hydrogens (tertiary/aromatic N) is 2. The number of halogens is 1. The van der Waals surface area contributed by atoms with Crippen LogP contribution in [0.25, 0.3) is 0 Å². The highest BCUT2D eigenvalue weighted by Gasteiger charge is 2.17. The summed E-state index contributed by atoms with van der Waals surface area (Å²) in [6, 6.07) is 5.83. The molecule has 0 aliphatic rings. The molecule has 0 saturated heterocycles. The zero-order chi connectivity index (χ0) is 15.1. The predicted octanol–water partition coefficient (Wildman–Crippen LogP) is 2.71. The Kier molecular flexibility index (Phi) is 6.96. The number of hydrogen-bond acceptors (Lipinski definition) is 3. The van der Waals surface area contributed by atoms with Crippen molar-refractivity contribution in [2.45, 2.75) is 33.4 Å². The molecule has 20 heavy (non-hydrogen) atoms. The van der Waals surface area contributed by atoms with E-state index in [9.17, 15) is 4.39 Å². The Balaban J connectivity index is 2.87. The third-order valence-corrected chi connectivity index (χ3v) is 3.40. The Morgan fingerprint density at radius 1 is 1.25 bits per heavy atom. The van der Waals surface area contributed by atoms with Crippen LogP contribution < -0.4 is 10.2 Å². The summed E-state index contributed by atoms with van der Waals surface area (Å²) < 4.78 is 14.3. The van der Waals surface area contributed by atoms with Crippen molar-refractivity contribution in [2.75, 3.05) is 38.6 Å². The van der Waals surface area contributed by atoms with Gasteiger partial charge in [0.2, 0.25) is 0 Å². The second-order valence-electron chi connectivity index (χ2n) is 5.46. The molecular formula is C16H28FN3. The summed E-state index contributed by atoms with van der Waals surface area (Å²) >= 11 is 0. The van der Waals surface area contributed by atoms with Crippen molar-refractivity contribution in [2.24, 2.45) is 0 Å². The highest BCUT2D eigenvalue weighted by atomic mass is 19.1. The van der Waals surface area contributed by atoms with Gasteiger partial charge in [-0.2, -0.15) is 0 Å². The highest BCUT2D eigenvalue weighted by molar-refractivity contribution is 5.50. The van der Waals surface area contributed by atoms with Crippen LogP contribution in [0.15, 0.2) is 18.2 Å². The van der Waals surface area contributed by atoms with E-state index in [2.05, 4.69) is 29.0 Å². The zero-order valence-electron chi connectivity index (χ0n) is 13.4. The van der Waals surface area contributed by atoms with Crippen LogP contribution in [-0.4, -0.2) is 44.7 Å². The van der Waals surface area contributed by atoms with Crippen molar-refractivity contribution in [3.05, 3.63) is 29.6 Å². The van der Waals surface area contributed by atoms with E-state index in [4.69, 9.17) is 0 Å². The molecule has 0 radical (unpaired) electrons. The first-order chi connectivity index (χ1) is 9.49. The molecule has 1 atom stereocenters. The van der Waals surface area contributed by atoms with E-state index in [1.54, 1.807) is 6.07 Å². The minimum Gasteiger partial charge on any atom is -0.365 e. The molecule has 1 N–H and O–H groups in total. The van der Waals surface area contributed by atoms with Gasteiger partial charge in [-0.25, -0.2) is 4.39 Å². The second-order valence-corrected chi connectivity index (χ2v) is 5.46. The van der Waals surface area contributed by atoms with Crippen molar-refractivity contribution in [3.63, 3.8) is 0 Å². The van der Waals surface area contributed by atoms with Gasteiger partial charge in [-0.05, 0) is 52.2 Å². The first-order valence-corrected chi connectivity index (χ1v) is 7.40. The first-order valence-electron chi connectivity index (χ1n) is 7.40. The maximum Gasteiger partial charge on any atom is 0.146 e. The van der Waals surface area contributed by atoms with Gasteiger partial charge in [0.1, 0.15) is 5.82 Å². The average Bonchev–Trinajstić information content (AvgIpc) is 2.38. The maximum atomic E-state index is 14.3. The fourth-order valence-corrected chi connectivity index (χ4v) is 2.51. The van der Waals surface area contributed by atoms with E-state index in [1.165, 1.54) is 0 Å². The number of likely N-dealkylation sites (N-methyl/N-ethyl adjacent to an activating group) is 2. The van der Waals surface area contributed by atoms with Crippen LogP contribution in [0.1, 0.15) is 26.3 Å². The van der Waals surface area contributed by atoms with Gasteiger partial charge >= 0.3 is 0 Å². The summed E-state index contributed by atoms with van der Waals surface area (Å²) in [5.74, 6) is -0.132. The lowest BCUT2D eigenvalue weighted by atomic mass is 10.1.